The zero-order valence-electron chi connectivity index (χ0n) is 10.7. The van der Waals surface area contributed by atoms with Gasteiger partial charge in [0.25, 0.3) is 5.91 Å². The van der Waals surface area contributed by atoms with Gasteiger partial charge in [-0.25, -0.2) is 0 Å². The summed E-state index contributed by atoms with van der Waals surface area (Å²) in [5.74, 6) is -0.370. The number of aliphatic hydroxyl groups excluding tert-OH is 1. The molecule has 0 heterocycles. The molecule has 0 saturated heterocycles. The molecule has 0 spiro atoms. The van der Waals surface area contributed by atoms with Crippen molar-refractivity contribution in [2.24, 2.45) is 0 Å². The standard InChI is InChI=1S/C15H15ClN2O2/c16-13-7-6-11(17)8-12(13)15(20)18-14(9-19)10-4-2-1-3-5-10/h1-8,14,19H,9,17H2,(H,18,20). The first-order chi connectivity index (χ1) is 9.61. The molecule has 0 aromatic heterocycles. The molecule has 0 radical (unpaired) electrons. The second-order valence-electron chi connectivity index (χ2n) is 4.36. The Morgan fingerprint density at radius 2 is 1.95 bits per heavy atom. The van der Waals surface area contributed by atoms with Gasteiger partial charge < -0.3 is 16.2 Å². The van der Waals surface area contributed by atoms with Gasteiger partial charge in [-0.1, -0.05) is 41.9 Å². The van der Waals surface area contributed by atoms with E-state index in [0.717, 1.165) is 5.56 Å². The molecule has 2 aromatic carbocycles. The lowest BCUT2D eigenvalue weighted by Crippen LogP contribution is -2.31. The highest BCUT2D eigenvalue weighted by Crippen LogP contribution is 2.20. The molecule has 4 N–H and O–H groups in total. The number of amides is 1. The maximum Gasteiger partial charge on any atom is 0.253 e. The number of anilines is 1. The monoisotopic (exact) mass is 290 g/mol. The van der Waals surface area contributed by atoms with Gasteiger partial charge in [-0.2, -0.15) is 0 Å². The molecule has 0 saturated carbocycles. The number of carbonyl (C=O) groups excluding carboxylic acids is 1. The number of nitrogens with two attached hydrogens (primary N) is 1. The van der Waals surface area contributed by atoms with E-state index >= 15 is 0 Å². The molecule has 0 fully saturated rings. The molecule has 1 amide bonds. The number of rotatable bonds is 4. The second kappa shape index (κ2) is 6.41. The number of nitrogen functional groups attached to an aromatic ring is 1. The van der Waals surface area contributed by atoms with Crippen molar-refractivity contribution >= 4 is 23.2 Å². The van der Waals surface area contributed by atoms with Crippen molar-refractivity contribution < 1.29 is 9.90 Å². The molecular weight excluding hydrogens is 276 g/mol. The van der Waals surface area contributed by atoms with E-state index in [-0.39, 0.29) is 12.5 Å². The lowest BCUT2D eigenvalue weighted by Gasteiger charge is -2.17. The normalized spacial score (nSPS) is 11.9. The summed E-state index contributed by atoms with van der Waals surface area (Å²) in [6.45, 7) is -0.199. The van der Waals surface area contributed by atoms with Gasteiger partial charge in [-0.05, 0) is 23.8 Å². The van der Waals surface area contributed by atoms with Gasteiger partial charge in [0.2, 0.25) is 0 Å². The van der Waals surface area contributed by atoms with E-state index in [0.29, 0.717) is 16.3 Å². The largest absolute Gasteiger partial charge is 0.399 e. The van der Waals surface area contributed by atoms with Crippen molar-refractivity contribution in [3.63, 3.8) is 0 Å². The van der Waals surface area contributed by atoms with Crippen LogP contribution in [0.4, 0.5) is 5.69 Å². The molecule has 2 rings (SSSR count). The maximum absolute atomic E-state index is 12.2. The van der Waals surface area contributed by atoms with Crippen LogP contribution in [0.1, 0.15) is 22.0 Å². The van der Waals surface area contributed by atoms with Gasteiger partial charge in [0.1, 0.15) is 0 Å². The summed E-state index contributed by atoms with van der Waals surface area (Å²) < 4.78 is 0. The quantitative estimate of drug-likeness (QED) is 0.757. The van der Waals surface area contributed by atoms with Crippen LogP contribution in [0.25, 0.3) is 0 Å². The molecule has 1 atom stereocenters. The highest BCUT2D eigenvalue weighted by atomic mass is 35.5. The van der Waals surface area contributed by atoms with E-state index in [2.05, 4.69) is 5.32 Å². The Hall–Kier alpha value is -2.04. The van der Waals surface area contributed by atoms with Crippen molar-refractivity contribution in [3.8, 4) is 0 Å². The average molecular weight is 291 g/mol. The minimum atomic E-state index is -0.485. The maximum atomic E-state index is 12.2. The number of nitrogens with one attached hydrogen (secondary N) is 1. The number of hydrogen-bond donors (Lipinski definition) is 3. The number of aliphatic hydroxyl groups is 1. The lowest BCUT2D eigenvalue weighted by molar-refractivity contribution is 0.0916. The van der Waals surface area contributed by atoms with Crippen molar-refractivity contribution in [1.82, 2.24) is 5.32 Å². The van der Waals surface area contributed by atoms with Crippen molar-refractivity contribution in [2.45, 2.75) is 6.04 Å². The van der Waals surface area contributed by atoms with E-state index in [1.807, 2.05) is 30.3 Å². The first kappa shape index (κ1) is 14.4. The Morgan fingerprint density at radius 1 is 1.25 bits per heavy atom. The molecule has 0 aliphatic carbocycles. The van der Waals surface area contributed by atoms with Gasteiger partial charge in [-0.3, -0.25) is 4.79 Å². The summed E-state index contributed by atoms with van der Waals surface area (Å²) in [5, 5.41) is 12.5. The SMILES string of the molecule is Nc1ccc(Cl)c(C(=O)NC(CO)c2ccccc2)c1. The van der Waals surface area contributed by atoms with Crippen LogP contribution in [-0.2, 0) is 0 Å². The number of halogens is 1. The first-order valence-corrected chi connectivity index (χ1v) is 6.51. The third-order valence-corrected chi connectivity index (χ3v) is 3.25. The Bertz CT molecular complexity index is 602. The molecule has 0 aliphatic heterocycles. The summed E-state index contributed by atoms with van der Waals surface area (Å²) in [6.07, 6.45) is 0. The van der Waals surface area contributed by atoms with Crippen LogP contribution in [0, 0.1) is 0 Å². The topological polar surface area (TPSA) is 75.4 Å². The summed E-state index contributed by atoms with van der Waals surface area (Å²) in [6, 6.07) is 13.5. The van der Waals surface area contributed by atoms with Crippen LogP contribution in [0.2, 0.25) is 5.02 Å². The minimum Gasteiger partial charge on any atom is -0.399 e. The second-order valence-corrected chi connectivity index (χ2v) is 4.77. The molecule has 2 aromatic rings. The molecule has 0 aliphatic rings. The summed E-state index contributed by atoms with van der Waals surface area (Å²) in [7, 11) is 0. The van der Waals surface area contributed by atoms with Gasteiger partial charge in [0.05, 0.1) is 23.2 Å². The average Bonchev–Trinajstić information content (AvgIpc) is 2.48. The molecule has 20 heavy (non-hydrogen) atoms. The molecule has 5 heteroatoms. The summed E-state index contributed by atoms with van der Waals surface area (Å²) in [4.78, 5) is 12.2. The van der Waals surface area contributed by atoms with Gasteiger partial charge in [0, 0.05) is 5.69 Å². The number of benzene rings is 2. The Morgan fingerprint density at radius 3 is 2.60 bits per heavy atom. The fourth-order valence-electron chi connectivity index (χ4n) is 1.87. The number of carbonyl (C=O) groups is 1. The van der Waals surface area contributed by atoms with Gasteiger partial charge in [-0.15, -0.1) is 0 Å². The van der Waals surface area contributed by atoms with Crippen LogP contribution in [0.15, 0.2) is 48.5 Å². The lowest BCUT2D eigenvalue weighted by atomic mass is 10.1. The molecule has 104 valence electrons. The van der Waals surface area contributed by atoms with Crippen molar-refractivity contribution in [2.75, 3.05) is 12.3 Å². The van der Waals surface area contributed by atoms with Crippen molar-refractivity contribution in [1.29, 1.82) is 0 Å². The van der Waals surface area contributed by atoms with Crippen LogP contribution in [0.3, 0.4) is 0 Å². The Kier molecular flexibility index (Phi) is 4.61. The van der Waals surface area contributed by atoms with E-state index in [1.54, 1.807) is 12.1 Å². The predicted molar refractivity (Wildman–Crippen MR) is 79.6 cm³/mol. The highest BCUT2D eigenvalue weighted by Gasteiger charge is 2.17. The molecule has 0 bridgehead atoms. The smallest absolute Gasteiger partial charge is 0.253 e. The van der Waals surface area contributed by atoms with E-state index < -0.39 is 6.04 Å². The molecule has 4 nitrogen and oxygen atoms in total. The van der Waals surface area contributed by atoms with Crippen LogP contribution in [0.5, 0.6) is 0 Å². The molecular formula is C15H15ClN2O2. The Balaban J connectivity index is 2.20. The van der Waals surface area contributed by atoms with E-state index in [1.165, 1.54) is 6.07 Å². The highest BCUT2D eigenvalue weighted by molar-refractivity contribution is 6.34. The third-order valence-electron chi connectivity index (χ3n) is 2.92. The fraction of sp³-hybridized carbons (Fsp3) is 0.133. The predicted octanol–water partition coefficient (Wildman–Crippen LogP) is 2.39. The van der Waals surface area contributed by atoms with Crippen LogP contribution >= 0.6 is 11.6 Å². The van der Waals surface area contributed by atoms with Crippen LogP contribution in [-0.4, -0.2) is 17.6 Å². The first-order valence-electron chi connectivity index (χ1n) is 6.13. The minimum absolute atomic E-state index is 0.199. The van der Waals surface area contributed by atoms with Gasteiger partial charge >= 0.3 is 0 Å². The zero-order valence-corrected chi connectivity index (χ0v) is 11.5. The fourth-order valence-corrected chi connectivity index (χ4v) is 2.08. The van der Waals surface area contributed by atoms with E-state index in [9.17, 15) is 9.90 Å². The third kappa shape index (κ3) is 3.29. The van der Waals surface area contributed by atoms with Crippen LogP contribution < -0.4 is 11.1 Å². The van der Waals surface area contributed by atoms with E-state index in [4.69, 9.17) is 17.3 Å². The summed E-state index contributed by atoms with van der Waals surface area (Å²) >= 11 is 5.98. The van der Waals surface area contributed by atoms with Gasteiger partial charge in [0.15, 0.2) is 0 Å². The summed E-state index contributed by atoms with van der Waals surface area (Å²) in [5.41, 5.74) is 7.23. The Labute approximate surface area is 122 Å². The van der Waals surface area contributed by atoms with Crippen molar-refractivity contribution in [3.05, 3.63) is 64.7 Å². The zero-order chi connectivity index (χ0) is 14.5. The number of hydrogen-bond acceptors (Lipinski definition) is 3. The molecule has 1 unspecified atom stereocenters.